The summed E-state index contributed by atoms with van der Waals surface area (Å²) in [6, 6.07) is 29.4. The van der Waals surface area contributed by atoms with Crippen LogP contribution in [0.1, 0.15) is 22.3 Å². The summed E-state index contributed by atoms with van der Waals surface area (Å²) in [5.41, 5.74) is 6.57. The summed E-state index contributed by atoms with van der Waals surface area (Å²) < 4.78 is 7.35. The highest BCUT2D eigenvalue weighted by Gasteiger charge is 2.51. The number of fused-ring (bicyclic) bond motifs is 9. The number of hydrogen-bond donors (Lipinski definition) is 0. The molecule has 0 N–H and O–H groups in total. The summed E-state index contributed by atoms with van der Waals surface area (Å²) >= 11 is 10.4. The molecule has 1 heterocycles. The van der Waals surface area contributed by atoms with Gasteiger partial charge in [-0.2, -0.15) is 0 Å². The van der Waals surface area contributed by atoms with Gasteiger partial charge in [-0.05, 0) is 47.0 Å². The van der Waals surface area contributed by atoms with Gasteiger partial charge in [0.25, 0.3) is 0 Å². The van der Waals surface area contributed by atoms with Gasteiger partial charge in [-0.15, -0.1) is 0 Å². The molecule has 134 valence electrons. The zero-order chi connectivity index (χ0) is 18.9. The van der Waals surface area contributed by atoms with Crippen LogP contribution in [0, 0.1) is 0 Å². The van der Waals surface area contributed by atoms with Crippen molar-refractivity contribution in [3.05, 3.63) is 117 Å². The first-order valence-corrected chi connectivity index (χ1v) is 10.3. The highest BCUT2D eigenvalue weighted by molar-refractivity contribution is 9.10. The number of halogens is 2. The summed E-state index contributed by atoms with van der Waals surface area (Å²) in [5.74, 6) is 1.77. The largest absolute Gasteiger partial charge is 0.457 e. The second kappa shape index (κ2) is 5.73. The van der Waals surface area contributed by atoms with Crippen molar-refractivity contribution >= 4 is 27.5 Å². The Balaban J connectivity index is 1.88. The van der Waals surface area contributed by atoms with Crippen molar-refractivity contribution in [2.75, 3.05) is 0 Å². The molecule has 3 heteroatoms. The molecule has 0 fully saturated rings. The molecule has 1 spiro atoms. The van der Waals surface area contributed by atoms with Crippen LogP contribution < -0.4 is 4.74 Å². The maximum Gasteiger partial charge on any atom is 0.132 e. The predicted octanol–water partition coefficient (Wildman–Crippen LogP) is 7.57. The molecule has 1 atom stereocenters. The molecule has 0 aromatic heterocycles. The highest BCUT2D eigenvalue weighted by Crippen LogP contribution is 2.63. The second-order valence-corrected chi connectivity index (χ2v) is 8.52. The monoisotopic (exact) mass is 444 g/mol. The number of ether oxygens (including phenoxy) is 1. The van der Waals surface area contributed by atoms with Crippen molar-refractivity contribution in [1.29, 1.82) is 0 Å². The molecule has 0 radical (unpaired) electrons. The first kappa shape index (κ1) is 16.4. The average molecular weight is 446 g/mol. The number of benzene rings is 4. The average Bonchev–Trinajstić information content (AvgIpc) is 3.02. The molecular weight excluding hydrogens is 432 g/mol. The van der Waals surface area contributed by atoms with Crippen molar-refractivity contribution < 1.29 is 4.74 Å². The molecule has 4 aromatic rings. The Morgan fingerprint density at radius 2 is 1.39 bits per heavy atom. The first-order chi connectivity index (χ1) is 13.7. The lowest BCUT2D eigenvalue weighted by atomic mass is 9.66. The first-order valence-electron chi connectivity index (χ1n) is 9.17. The minimum atomic E-state index is -0.454. The Bertz CT molecular complexity index is 1280. The molecule has 1 nitrogen and oxygen atoms in total. The van der Waals surface area contributed by atoms with Crippen LogP contribution in [0.2, 0.25) is 5.02 Å². The van der Waals surface area contributed by atoms with Crippen LogP contribution in [0.25, 0.3) is 11.1 Å². The normalized spacial score (nSPS) is 18.1. The van der Waals surface area contributed by atoms with E-state index in [-0.39, 0.29) is 0 Å². The van der Waals surface area contributed by atoms with Crippen molar-refractivity contribution in [3.63, 3.8) is 0 Å². The molecule has 1 unspecified atom stereocenters. The predicted molar refractivity (Wildman–Crippen MR) is 117 cm³/mol. The fourth-order valence-corrected chi connectivity index (χ4v) is 5.51. The van der Waals surface area contributed by atoms with Crippen molar-refractivity contribution in [3.8, 4) is 22.6 Å². The van der Waals surface area contributed by atoms with Crippen molar-refractivity contribution in [1.82, 2.24) is 0 Å². The maximum atomic E-state index is 6.74. The Morgan fingerprint density at radius 3 is 2.29 bits per heavy atom. The van der Waals surface area contributed by atoms with Gasteiger partial charge >= 0.3 is 0 Å². The minimum Gasteiger partial charge on any atom is -0.457 e. The zero-order valence-corrected chi connectivity index (χ0v) is 17.1. The molecular formula is C25H14BrClO. The van der Waals surface area contributed by atoms with Crippen LogP contribution in [0.3, 0.4) is 0 Å². The lowest BCUT2D eigenvalue weighted by molar-refractivity contribution is 0.436. The van der Waals surface area contributed by atoms with Gasteiger partial charge in [-0.1, -0.05) is 82.1 Å². The van der Waals surface area contributed by atoms with Crippen LogP contribution in [-0.4, -0.2) is 0 Å². The Hall–Kier alpha value is -2.55. The zero-order valence-electron chi connectivity index (χ0n) is 14.7. The second-order valence-electron chi connectivity index (χ2n) is 7.20. The molecule has 0 amide bonds. The van der Waals surface area contributed by atoms with Gasteiger partial charge in [-0.25, -0.2) is 0 Å². The van der Waals surface area contributed by atoms with Gasteiger partial charge < -0.3 is 4.74 Å². The Kier molecular flexibility index (Phi) is 3.36. The standard InChI is InChI=1S/C25H14BrClO/c26-15-12-13-23-20(14-15)25(18-8-3-4-11-22(18)28-23)17-7-2-1-6-16(17)24-19(25)9-5-10-21(24)27/h1-14H. The third-order valence-corrected chi connectivity index (χ3v) is 6.68. The van der Waals surface area contributed by atoms with Gasteiger partial charge in [0.15, 0.2) is 0 Å². The van der Waals surface area contributed by atoms with Crippen molar-refractivity contribution in [2.24, 2.45) is 0 Å². The van der Waals surface area contributed by atoms with Gasteiger partial charge in [0, 0.05) is 26.2 Å². The van der Waals surface area contributed by atoms with E-state index in [1.165, 1.54) is 16.7 Å². The van der Waals surface area contributed by atoms with Gasteiger partial charge in [0.1, 0.15) is 11.5 Å². The molecule has 0 bridgehead atoms. The van der Waals surface area contributed by atoms with E-state index in [4.69, 9.17) is 16.3 Å². The van der Waals surface area contributed by atoms with Gasteiger partial charge in [0.05, 0.1) is 5.41 Å². The summed E-state index contributed by atoms with van der Waals surface area (Å²) in [7, 11) is 0. The molecule has 28 heavy (non-hydrogen) atoms. The molecule has 1 aliphatic heterocycles. The lowest BCUT2D eigenvalue weighted by Gasteiger charge is -2.39. The van der Waals surface area contributed by atoms with E-state index in [2.05, 4.69) is 64.5 Å². The van der Waals surface area contributed by atoms with E-state index >= 15 is 0 Å². The molecule has 2 aliphatic rings. The summed E-state index contributed by atoms with van der Waals surface area (Å²) in [4.78, 5) is 0. The van der Waals surface area contributed by atoms with Crippen LogP contribution in [0.15, 0.2) is 89.4 Å². The fraction of sp³-hybridized carbons (Fsp3) is 0.0400. The van der Waals surface area contributed by atoms with Crippen LogP contribution >= 0.6 is 27.5 Å². The summed E-state index contributed by atoms with van der Waals surface area (Å²) in [6.45, 7) is 0. The SMILES string of the molecule is Clc1cccc2c1-c1ccccc1C21c2ccccc2Oc2ccc(Br)cc21. The molecule has 0 saturated heterocycles. The summed E-state index contributed by atoms with van der Waals surface area (Å²) in [6.07, 6.45) is 0. The van der Waals surface area contributed by atoms with E-state index in [1.807, 2.05) is 36.4 Å². The topological polar surface area (TPSA) is 9.23 Å². The van der Waals surface area contributed by atoms with E-state index in [9.17, 15) is 0 Å². The van der Waals surface area contributed by atoms with Crippen LogP contribution in [-0.2, 0) is 5.41 Å². The minimum absolute atomic E-state index is 0.454. The van der Waals surface area contributed by atoms with E-state index < -0.39 is 5.41 Å². The van der Waals surface area contributed by atoms with Gasteiger partial charge in [0.2, 0.25) is 0 Å². The molecule has 6 rings (SSSR count). The smallest absolute Gasteiger partial charge is 0.132 e. The molecule has 0 saturated carbocycles. The third kappa shape index (κ3) is 1.92. The number of rotatable bonds is 0. The van der Waals surface area contributed by atoms with E-state index in [0.717, 1.165) is 37.7 Å². The quantitative estimate of drug-likeness (QED) is 0.234. The maximum absolute atomic E-state index is 6.74. The molecule has 1 aliphatic carbocycles. The molecule has 4 aromatic carbocycles. The van der Waals surface area contributed by atoms with Crippen LogP contribution in [0.4, 0.5) is 0 Å². The van der Waals surface area contributed by atoms with E-state index in [0.29, 0.717) is 0 Å². The highest BCUT2D eigenvalue weighted by atomic mass is 79.9. The van der Waals surface area contributed by atoms with Crippen LogP contribution in [0.5, 0.6) is 11.5 Å². The Labute approximate surface area is 176 Å². The van der Waals surface area contributed by atoms with Crippen molar-refractivity contribution in [2.45, 2.75) is 5.41 Å². The fourth-order valence-electron chi connectivity index (χ4n) is 4.88. The van der Waals surface area contributed by atoms with E-state index in [1.54, 1.807) is 0 Å². The van der Waals surface area contributed by atoms with Gasteiger partial charge in [-0.3, -0.25) is 0 Å². The number of hydrogen-bond acceptors (Lipinski definition) is 1. The Morgan fingerprint density at radius 1 is 0.679 bits per heavy atom. The third-order valence-electron chi connectivity index (χ3n) is 5.87. The lowest BCUT2D eigenvalue weighted by Crippen LogP contribution is -2.32. The number of para-hydroxylation sites is 1. The summed E-state index contributed by atoms with van der Waals surface area (Å²) in [5, 5.41) is 0.780.